The minimum absolute atomic E-state index is 0.00440. The highest BCUT2D eigenvalue weighted by molar-refractivity contribution is 7.80. The van der Waals surface area contributed by atoms with Crippen molar-refractivity contribution in [2.24, 2.45) is 33.7 Å². The second kappa shape index (κ2) is 29.7. The summed E-state index contributed by atoms with van der Waals surface area (Å²) < 4.78 is 0. The third kappa shape index (κ3) is 22.6. The number of aliphatic hydroxyl groups excluding tert-OH is 1. The fraction of sp³-hybridized carbons (Fsp3) is 0.656. The molecule has 0 saturated heterocycles. The standard InChI is InChI=1S/C32H57N13O13S2/c33-8-2-1-4-17(27(53)42-18(6-7-22(35)47)28(54)45-21(14-60)31(57)58)41-30(56)20(12-46)44-29(55)19(10-24(49)50)43-26(52)16(5-3-9-38-32(36)37)40-23(48)11-39-25(51)15(34)13-59/h15-21,46,59-60H,1-14,33-34H2,(H2,35,47)(H,39,51)(H,40,48)(H,41,56)(H,42,53)(H,43,52)(H,44,55)(H,45,54)(H,49,50)(H,57,58)(H4,36,37,38)/t15-,16-,17-,18-,19-,20-,21-/m0/s1. The Morgan fingerprint density at radius 2 is 1.08 bits per heavy atom. The zero-order valence-electron chi connectivity index (χ0n) is 32.6. The SMILES string of the molecule is NCCCC[C@H](NC(=O)[C@H](CO)NC(=O)[C@H](CC(=O)O)NC(=O)[C@H](CCCN=C(N)N)NC(=O)CNC(=O)[C@@H](N)CS)C(=O)N[C@@H](CCC(N)=O)C(=O)N[C@@H](CS)C(=O)O. The second-order valence-electron chi connectivity index (χ2n) is 13.0. The molecule has 0 spiro atoms. The summed E-state index contributed by atoms with van der Waals surface area (Å²) in [5, 5.41) is 44.6. The molecule has 20 N–H and O–H groups in total. The van der Waals surface area contributed by atoms with Crippen LogP contribution in [0.15, 0.2) is 4.99 Å². The third-order valence-electron chi connectivity index (χ3n) is 8.07. The number of hydrogen-bond acceptors (Lipinski definition) is 16. The molecule has 26 nitrogen and oxygen atoms in total. The first-order valence-electron chi connectivity index (χ1n) is 18.4. The lowest BCUT2D eigenvalue weighted by Crippen LogP contribution is -2.60. The number of nitrogens with two attached hydrogens (primary N) is 5. The van der Waals surface area contributed by atoms with Crippen LogP contribution in [0.4, 0.5) is 0 Å². The van der Waals surface area contributed by atoms with Gasteiger partial charge in [0.15, 0.2) is 5.96 Å². The molecule has 0 unspecified atom stereocenters. The molecule has 0 fully saturated rings. The fourth-order valence-electron chi connectivity index (χ4n) is 4.84. The maximum Gasteiger partial charge on any atom is 0.327 e. The average Bonchev–Trinajstić information content (AvgIpc) is 3.18. The van der Waals surface area contributed by atoms with Gasteiger partial charge in [-0.25, -0.2) is 4.79 Å². The van der Waals surface area contributed by atoms with E-state index in [9.17, 15) is 63.3 Å². The molecule has 0 heterocycles. The zero-order valence-corrected chi connectivity index (χ0v) is 34.4. The largest absolute Gasteiger partial charge is 0.481 e. The predicted octanol–water partition coefficient (Wildman–Crippen LogP) is -7.80. The van der Waals surface area contributed by atoms with Gasteiger partial charge in [-0.05, 0) is 45.1 Å². The van der Waals surface area contributed by atoms with Crippen molar-refractivity contribution in [1.29, 1.82) is 0 Å². The number of carbonyl (C=O) groups is 10. The molecule has 28 heteroatoms. The zero-order chi connectivity index (χ0) is 45.9. The van der Waals surface area contributed by atoms with Crippen molar-refractivity contribution in [1.82, 2.24) is 37.2 Å². The fourth-order valence-corrected chi connectivity index (χ4v) is 5.25. The van der Waals surface area contributed by atoms with Crippen molar-refractivity contribution in [3.8, 4) is 0 Å². The summed E-state index contributed by atoms with van der Waals surface area (Å²) in [6.07, 6.45) is -1.43. The Balaban J connectivity index is 6.23. The van der Waals surface area contributed by atoms with Gasteiger partial charge in [0.1, 0.15) is 36.3 Å². The number of aliphatic carboxylic acids is 2. The number of amides is 8. The predicted molar refractivity (Wildman–Crippen MR) is 218 cm³/mol. The van der Waals surface area contributed by atoms with E-state index < -0.39 is 127 Å². The topological polar surface area (TPSA) is 458 Å². The van der Waals surface area contributed by atoms with Gasteiger partial charge < -0.3 is 81.2 Å². The number of carboxylic acid groups (broad SMARTS) is 2. The first-order chi connectivity index (χ1) is 28.2. The van der Waals surface area contributed by atoms with Crippen LogP contribution in [-0.2, 0) is 47.9 Å². The number of thiol groups is 2. The Bertz CT molecular complexity index is 1540. The first-order valence-corrected chi connectivity index (χ1v) is 19.6. The van der Waals surface area contributed by atoms with Crippen LogP contribution in [0, 0.1) is 0 Å². The van der Waals surface area contributed by atoms with E-state index in [1.165, 1.54) is 0 Å². The van der Waals surface area contributed by atoms with Crippen molar-refractivity contribution >= 4 is 90.4 Å². The quantitative estimate of drug-likeness (QED) is 0.0133. The van der Waals surface area contributed by atoms with E-state index in [-0.39, 0.29) is 62.7 Å². The van der Waals surface area contributed by atoms with Gasteiger partial charge in [-0.1, -0.05) is 0 Å². The molecule has 340 valence electrons. The number of unbranched alkanes of at least 4 members (excludes halogenated alkanes) is 1. The van der Waals surface area contributed by atoms with Gasteiger partial charge in [-0.3, -0.25) is 48.1 Å². The molecule has 60 heavy (non-hydrogen) atoms. The number of carbonyl (C=O) groups excluding carboxylic acids is 8. The minimum Gasteiger partial charge on any atom is -0.481 e. The highest BCUT2D eigenvalue weighted by Gasteiger charge is 2.34. The molecule has 0 aliphatic rings. The number of carboxylic acids is 2. The summed E-state index contributed by atoms with van der Waals surface area (Å²) in [5.74, 6) is -11.7. The van der Waals surface area contributed by atoms with Crippen LogP contribution in [0.3, 0.4) is 0 Å². The summed E-state index contributed by atoms with van der Waals surface area (Å²) in [5.41, 5.74) is 27.0. The number of rotatable bonds is 31. The minimum atomic E-state index is -1.91. The van der Waals surface area contributed by atoms with E-state index in [0.29, 0.717) is 6.42 Å². The van der Waals surface area contributed by atoms with E-state index in [1.54, 1.807) is 0 Å². The average molecular weight is 896 g/mol. The Hall–Kier alpha value is -5.45. The van der Waals surface area contributed by atoms with E-state index in [0.717, 1.165) is 0 Å². The van der Waals surface area contributed by atoms with Crippen LogP contribution in [0.5, 0.6) is 0 Å². The number of hydrogen-bond donors (Lipinski definition) is 17. The highest BCUT2D eigenvalue weighted by atomic mass is 32.1. The van der Waals surface area contributed by atoms with Crippen LogP contribution in [0.2, 0.25) is 0 Å². The molecule has 0 radical (unpaired) electrons. The van der Waals surface area contributed by atoms with E-state index in [4.69, 9.17) is 28.7 Å². The number of nitrogens with one attached hydrogen (secondary N) is 7. The van der Waals surface area contributed by atoms with Crippen LogP contribution in [0.25, 0.3) is 0 Å². The molecule has 0 aromatic rings. The Morgan fingerprint density at radius 1 is 0.600 bits per heavy atom. The Labute approximate surface area is 355 Å². The lowest BCUT2D eigenvalue weighted by Gasteiger charge is -2.26. The van der Waals surface area contributed by atoms with Gasteiger partial charge in [-0.2, -0.15) is 25.3 Å². The number of aliphatic imine (C=N–C) groups is 1. The molecule has 0 aliphatic carbocycles. The highest BCUT2D eigenvalue weighted by Crippen LogP contribution is 2.07. The maximum absolute atomic E-state index is 13.5. The second-order valence-corrected chi connectivity index (χ2v) is 13.7. The van der Waals surface area contributed by atoms with Crippen molar-refractivity contribution in [2.45, 2.75) is 93.7 Å². The molecule has 8 amide bonds. The number of aliphatic hydroxyl groups is 1. The van der Waals surface area contributed by atoms with Gasteiger partial charge in [0.05, 0.1) is 25.6 Å². The van der Waals surface area contributed by atoms with Crippen molar-refractivity contribution in [3.05, 3.63) is 0 Å². The monoisotopic (exact) mass is 895 g/mol. The van der Waals surface area contributed by atoms with Crippen LogP contribution < -0.4 is 65.9 Å². The molecular formula is C32H57N13O13S2. The number of guanidine groups is 1. The van der Waals surface area contributed by atoms with E-state index in [1.807, 2.05) is 0 Å². The summed E-state index contributed by atoms with van der Waals surface area (Å²) in [6.45, 7) is -1.56. The molecule has 0 aromatic carbocycles. The molecule has 0 aromatic heterocycles. The van der Waals surface area contributed by atoms with Crippen molar-refractivity contribution in [3.63, 3.8) is 0 Å². The summed E-state index contributed by atoms with van der Waals surface area (Å²) in [4.78, 5) is 130. The molecule has 0 aliphatic heterocycles. The van der Waals surface area contributed by atoms with Gasteiger partial charge >= 0.3 is 11.9 Å². The lowest BCUT2D eigenvalue weighted by molar-refractivity contribution is -0.142. The number of nitrogens with zero attached hydrogens (tertiary/aromatic N) is 1. The van der Waals surface area contributed by atoms with Crippen molar-refractivity contribution < 1.29 is 63.3 Å². The molecule has 0 rings (SSSR count). The molecule has 7 atom stereocenters. The normalized spacial score (nSPS) is 14.2. The van der Waals surface area contributed by atoms with Gasteiger partial charge in [0.2, 0.25) is 47.3 Å². The maximum atomic E-state index is 13.5. The van der Waals surface area contributed by atoms with Crippen molar-refractivity contribution in [2.75, 3.05) is 37.7 Å². The Morgan fingerprint density at radius 3 is 1.57 bits per heavy atom. The number of primary amides is 1. The lowest BCUT2D eigenvalue weighted by atomic mass is 10.0. The smallest absolute Gasteiger partial charge is 0.327 e. The van der Waals surface area contributed by atoms with E-state index in [2.05, 4.69) is 67.5 Å². The van der Waals surface area contributed by atoms with Crippen LogP contribution in [0.1, 0.15) is 51.4 Å². The third-order valence-corrected chi connectivity index (χ3v) is 8.83. The molecular weight excluding hydrogens is 839 g/mol. The summed E-state index contributed by atoms with van der Waals surface area (Å²) >= 11 is 7.77. The molecule has 0 bridgehead atoms. The summed E-state index contributed by atoms with van der Waals surface area (Å²) in [6, 6.07) is -10.7. The van der Waals surface area contributed by atoms with Crippen LogP contribution >= 0.6 is 25.3 Å². The van der Waals surface area contributed by atoms with Gasteiger partial charge in [-0.15, -0.1) is 0 Å². The van der Waals surface area contributed by atoms with E-state index >= 15 is 0 Å². The van der Waals surface area contributed by atoms with Crippen LogP contribution in [-0.4, -0.2) is 161 Å². The first kappa shape index (κ1) is 54.6. The summed E-state index contributed by atoms with van der Waals surface area (Å²) in [7, 11) is 0. The van der Waals surface area contributed by atoms with Gasteiger partial charge in [0.25, 0.3) is 0 Å². The van der Waals surface area contributed by atoms with Gasteiger partial charge in [0, 0.05) is 24.5 Å². The Kier molecular flexibility index (Phi) is 27.0. The molecule has 0 saturated carbocycles.